The SMILES string of the molecule is COC(=O)CCCC(=O)N1Cc2ccccc2-c2nnn(Cc3ccccc3)c2-c2ccccc21. The van der Waals surface area contributed by atoms with Gasteiger partial charge in [0.25, 0.3) is 0 Å². The van der Waals surface area contributed by atoms with Crippen LogP contribution in [0.4, 0.5) is 5.69 Å². The van der Waals surface area contributed by atoms with Crippen molar-refractivity contribution in [3.05, 3.63) is 90.0 Å². The molecule has 0 N–H and O–H groups in total. The molecule has 176 valence electrons. The van der Waals surface area contributed by atoms with Crippen molar-refractivity contribution < 1.29 is 14.3 Å². The number of rotatable bonds is 6. The Labute approximate surface area is 204 Å². The van der Waals surface area contributed by atoms with E-state index in [1.807, 2.05) is 76.3 Å². The number of nitrogens with zero attached hydrogens (tertiary/aromatic N) is 4. The fourth-order valence-corrected chi connectivity index (χ4v) is 4.53. The third-order valence-corrected chi connectivity index (χ3v) is 6.26. The number of carbonyl (C=O) groups excluding carboxylic acids is 2. The molecule has 2 heterocycles. The van der Waals surface area contributed by atoms with Gasteiger partial charge in [-0.3, -0.25) is 9.59 Å². The number of esters is 1. The van der Waals surface area contributed by atoms with Gasteiger partial charge in [-0.2, -0.15) is 0 Å². The van der Waals surface area contributed by atoms with Gasteiger partial charge < -0.3 is 9.64 Å². The Morgan fingerprint density at radius 1 is 0.886 bits per heavy atom. The summed E-state index contributed by atoms with van der Waals surface area (Å²) < 4.78 is 6.64. The van der Waals surface area contributed by atoms with Crippen molar-refractivity contribution in [2.45, 2.75) is 32.4 Å². The number of ether oxygens (including phenoxy) is 1. The molecule has 0 unspecified atom stereocenters. The molecule has 1 aromatic heterocycles. The van der Waals surface area contributed by atoms with E-state index >= 15 is 0 Å². The maximum atomic E-state index is 13.5. The van der Waals surface area contributed by atoms with Gasteiger partial charge in [0.1, 0.15) is 5.69 Å². The van der Waals surface area contributed by atoms with Crippen molar-refractivity contribution in [3.8, 4) is 22.5 Å². The molecule has 0 saturated carbocycles. The molecular weight excluding hydrogens is 440 g/mol. The van der Waals surface area contributed by atoms with Gasteiger partial charge in [0, 0.05) is 24.0 Å². The second-order valence-electron chi connectivity index (χ2n) is 8.51. The lowest BCUT2D eigenvalue weighted by molar-refractivity contribution is -0.140. The first-order chi connectivity index (χ1) is 17.2. The number of amides is 1. The van der Waals surface area contributed by atoms with Gasteiger partial charge in [-0.15, -0.1) is 5.10 Å². The molecule has 0 saturated heterocycles. The molecule has 0 fully saturated rings. The monoisotopic (exact) mass is 466 g/mol. The normalized spacial score (nSPS) is 12.1. The van der Waals surface area contributed by atoms with Crippen molar-refractivity contribution in [1.82, 2.24) is 15.0 Å². The number of benzene rings is 3. The summed E-state index contributed by atoms with van der Waals surface area (Å²) in [6.07, 6.45) is 0.900. The Bertz CT molecular complexity index is 1360. The standard InChI is InChI=1S/C28H26N4O3/c1-35-26(34)17-9-16-25(33)31-19-21-12-5-6-13-22(21)27-28(23-14-7-8-15-24(23)31)32(30-29-27)18-20-10-3-2-4-11-20/h2-8,10-15H,9,16-19H2,1H3. The number of hydrogen-bond donors (Lipinski definition) is 0. The fraction of sp³-hybridized carbons (Fsp3) is 0.214. The highest BCUT2D eigenvalue weighted by molar-refractivity contribution is 6.00. The third-order valence-electron chi connectivity index (χ3n) is 6.26. The largest absolute Gasteiger partial charge is 0.469 e. The summed E-state index contributed by atoms with van der Waals surface area (Å²) in [6.45, 7) is 0.974. The van der Waals surface area contributed by atoms with E-state index in [1.165, 1.54) is 7.11 Å². The molecule has 0 atom stereocenters. The first-order valence-electron chi connectivity index (χ1n) is 11.7. The van der Waals surface area contributed by atoms with Gasteiger partial charge in [0.05, 0.1) is 31.6 Å². The number of fused-ring (bicyclic) bond motifs is 5. The number of hydrogen-bond acceptors (Lipinski definition) is 5. The van der Waals surface area contributed by atoms with Gasteiger partial charge in [-0.25, -0.2) is 4.68 Å². The van der Waals surface area contributed by atoms with Gasteiger partial charge in [0.2, 0.25) is 5.91 Å². The summed E-state index contributed by atoms with van der Waals surface area (Å²) in [5, 5.41) is 9.14. The van der Waals surface area contributed by atoms with Crippen molar-refractivity contribution in [1.29, 1.82) is 0 Å². The first-order valence-corrected chi connectivity index (χ1v) is 11.7. The average molecular weight is 467 g/mol. The number of methoxy groups -OCH3 is 1. The number of para-hydroxylation sites is 1. The zero-order valence-electron chi connectivity index (χ0n) is 19.6. The Balaban J connectivity index is 1.61. The molecule has 3 aromatic carbocycles. The smallest absolute Gasteiger partial charge is 0.305 e. The van der Waals surface area contributed by atoms with E-state index in [0.717, 1.165) is 39.3 Å². The Morgan fingerprint density at radius 3 is 2.40 bits per heavy atom. The molecule has 35 heavy (non-hydrogen) atoms. The predicted octanol–water partition coefficient (Wildman–Crippen LogP) is 4.85. The maximum Gasteiger partial charge on any atom is 0.305 e. The Morgan fingerprint density at radius 2 is 1.60 bits per heavy atom. The summed E-state index contributed by atoms with van der Waals surface area (Å²) in [4.78, 5) is 26.8. The molecule has 0 bridgehead atoms. The average Bonchev–Trinajstić information content (AvgIpc) is 3.29. The predicted molar refractivity (Wildman–Crippen MR) is 133 cm³/mol. The molecule has 7 heteroatoms. The van der Waals surface area contributed by atoms with E-state index in [0.29, 0.717) is 19.5 Å². The Kier molecular flexibility index (Phi) is 6.39. The van der Waals surface area contributed by atoms with E-state index in [4.69, 9.17) is 4.74 Å². The van der Waals surface area contributed by atoms with Crippen molar-refractivity contribution in [3.63, 3.8) is 0 Å². The van der Waals surface area contributed by atoms with E-state index in [2.05, 4.69) is 22.4 Å². The molecule has 1 amide bonds. The molecular formula is C28H26N4O3. The first kappa shape index (κ1) is 22.5. The number of aromatic nitrogens is 3. The van der Waals surface area contributed by atoms with E-state index < -0.39 is 0 Å². The molecule has 0 aliphatic carbocycles. The zero-order chi connectivity index (χ0) is 24.2. The highest BCUT2D eigenvalue weighted by Gasteiger charge is 2.29. The van der Waals surface area contributed by atoms with Crippen molar-refractivity contribution >= 4 is 17.6 Å². The minimum absolute atomic E-state index is 0.0401. The molecule has 0 spiro atoms. The number of carbonyl (C=O) groups is 2. The lowest BCUT2D eigenvalue weighted by Gasteiger charge is -2.29. The topological polar surface area (TPSA) is 77.3 Å². The van der Waals surface area contributed by atoms with Crippen LogP contribution in [0.1, 0.15) is 30.4 Å². The van der Waals surface area contributed by atoms with Crippen LogP contribution in [0.5, 0.6) is 0 Å². The van der Waals surface area contributed by atoms with Crippen LogP contribution in [0.15, 0.2) is 78.9 Å². The lowest BCUT2D eigenvalue weighted by atomic mass is 9.95. The Hall–Kier alpha value is -4.26. The van der Waals surface area contributed by atoms with Gasteiger partial charge in [-0.1, -0.05) is 78.0 Å². The minimum Gasteiger partial charge on any atom is -0.469 e. The highest BCUT2D eigenvalue weighted by atomic mass is 16.5. The van der Waals surface area contributed by atoms with Crippen LogP contribution in [-0.4, -0.2) is 34.0 Å². The van der Waals surface area contributed by atoms with Gasteiger partial charge in [-0.05, 0) is 23.6 Å². The van der Waals surface area contributed by atoms with E-state index in [9.17, 15) is 9.59 Å². The molecule has 4 aromatic rings. The summed E-state index contributed by atoms with van der Waals surface area (Å²) in [6, 6.07) is 26.0. The lowest BCUT2D eigenvalue weighted by Crippen LogP contribution is -2.31. The van der Waals surface area contributed by atoms with E-state index in [-0.39, 0.29) is 24.7 Å². The summed E-state index contributed by atoms with van der Waals surface area (Å²) >= 11 is 0. The molecule has 5 rings (SSSR count). The summed E-state index contributed by atoms with van der Waals surface area (Å²) in [7, 11) is 1.36. The van der Waals surface area contributed by atoms with Crippen LogP contribution >= 0.6 is 0 Å². The fourth-order valence-electron chi connectivity index (χ4n) is 4.53. The number of anilines is 1. The van der Waals surface area contributed by atoms with Gasteiger partial charge >= 0.3 is 5.97 Å². The van der Waals surface area contributed by atoms with Crippen molar-refractivity contribution in [2.24, 2.45) is 0 Å². The summed E-state index contributed by atoms with van der Waals surface area (Å²) in [5.41, 5.74) is 6.47. The van der Waals surface area contributed by atoms with Crippen molar-refractivity contribution in [2.75, 3.05) is 12.0 Å². The quantitative estimate of drug-likeness (QED) is 0.380. The van der Waals surface area contributed by atoms with Crippen LogP contribution in [0.25, 0.3) is 22.5 Å². The maximum absolute atomic E-state index is 13.5. The van der Waals surface area contributed by atoms with Crippen LogP contribution < -0.4 is 4.90 Å². The van der Waals surface area contributed by atoms with Crippen LogP contribution in [-0.2, 0) is 27.4 Å². The van der Waals surface area contributed by atoms with Crippen LogP contribution in [0, 0.1) is 0 Å². The van der Waals surface area contributed by atoms with Gasteiger partial charge in [0.15, 0.2) is 0 Å². The van der Waals surface area contributed by atoms with Crippen LogP contribution in [0.2, 0.25) is 0 Å². The molecule has 1 aliphatic heterocycles. The molecule has 1 aliphatic rings. The minimum atomic E-state index is -0.309. The molecule has 0 radical (unpaired) electrons. The summed E-state index contributed by atoms with van der Waals surface area (Å²) in [5.74, 6) is -0.349. The molecule has 7 nitrogen and oxygen atoms in total. The highest BCUT2D eigenvalue weighted by Crippen LogP contribution is 2.41. The van der Waals surface area contributed by atoms with Crippen LogP contribution in [0.3, 0.4) is 0 Å². The second-order valence-corrected chi connectivity index (χ2v) is 8.51. The zero-order valence-corrected chi connectivity index (χ0v) is 19.6. The second kappa shape index (κ2) is 9.93. The third kappa shape index (κ3) is 4.57. The van der Waals surface area contributed by atoms with E-state index in [1.54, 1.807) is 0 Å².